The summed E-state index contributed by atoms with van der Waals surface area (Å²) >= 11 is 0. The van der Waals surface area contributed by atoms with Crippen molar-refractivity contribution < 1.29 is 4.74 Å². The van der Waals surface area contributed by atoms with Gasteiger partial charge in [-0.2, -0.15) is 0 Å². The molecule has 0 atom stereocenters. The Hall–Kier alpha value is -1.44. The van der Waals surface area contributed by atoms with Gasteiger partial charge in [-0.05, 0) is 18.6 Å². The van der Waals surface area contributed by atoms with Crippen molar-refractivity contribution >= 4 is 10.9 Å². The molecular weight excluding hydrogens is 150 g/mol. The molecule has 0 aliphatic rings. The molecule has 1 aromatic heterocycles. The van der Waals surface area contributed by atoms with Crippen LogP contribution in [-0.2, 0) is 0 Å². The fraction of sp³-hybridized carbons (Fsp3) is 0.100. The molecular formula is C10H10NO. The molecule has 1 N–H and O–H groups in total. The van der Waals surface area contributed by atoms with E-state index >= 15 is 0 Å². The third-order valence-electron chi connectivity index (χ3n) is 1.98. The van der Waals surface area contributed by atoms with Gasteiger partial charge in [0.15, 0.2) is 0 Å². The molecule has 0 fully saturated rings. The number of para-hydroxylation sites is 1. The molecule has 0 spiro atoms. The van der Waals surface area contributed by atoms with Crippen molar-refractivity contribution in [2.75, 3.05) is 7.11 Å². The molecule has 61 valence electrons. The number of hydrogen-bond donors (Lipinski definition) is 1. The number of nitrogens with one attached hydrogen (secondary N) is 1. The highest BCUT2D eigenvalue weighted by atomic mass is 16.5. The van der Waals surface area contributed by atoms with Gasteiger partial charge in [-0.1, -0.05) is 12.1 Å². The summed E-state index contributed by atoms with van der Waals surface area (Å²) < 4.78 is 5.18. The predicted molar refractivity (Wildman–Crippen MR) is 49.3 cm³/mol. The fourth-order valence-electron chi connectivity index (χ4n) is 1.35. The van der Waals surface area contributed by atoms with Crippen molar-refractivity contribution in [2.45, 2.75) is 0 Å². The van der Waals surface area contributed by atoms with E-state index in [1.165, 1.54) is 0 Å². The first-order valence-corrected chi connectivity index (χ1v) is 3.79. The topological polar surface area (TPSA) is 25.0 Å². The number of methoxy groups -OCH3 is 1. The number of hydrogen-bond acceptors (Lipinski definition) is 1. The van der Waals surface area contributed by atoms with Crippen molar-refractivity contribution in [3.05, 3.63) is 36.9 Å². The summed E-state index contributed by atoms with van der Waals surface area (Å²) in [5.74, 6) is 0.863. The SMILES string of the molecule is [CH2]c1c[nH]c2c(OC)cccc12. The van der Waals surface area contributed by atoms with Gasteiger partial charge in [-0.3, -0.25) is 0 Å². The van der Waals surface area contributed by atoms with Crippen molar-refractivity contribution in [1.82, 2.24) is 4.98 Å². The normalized spacial score (nSPS) is 10.5. The van der Waals surface area contributed by atoms with E-state index < -0.39 is 0 Å². The van der Waals surface area contributed by atoms with Gasteiger partial charge < -0.3 is 9.72 Å². The van der Waals surface area contributed by atoms with Crippen LogP contribution in [-0.4, -0.2) is 12.1 Å². The Morgan fingerprint density at radius 1 is 1.42 bits per heavy atom. The number of ether oxygens (including phenoxy) is 1. The average Bonchev–Trinajstić information content (AvgIpc) is 2.48. The number of rotatable bonds is 1. The third kappa shape index (κ3) is 0.881. The van der Waals surface area contributed by atoms with Crippen molar-refractivity contribution in [2.24, 2.45) is 0 Å². The van der Waals surface area contributed by atoms with Gasteiger partial charge >= 0.3 is 0 Å². The van der Waals surface area contributed by atoms with Crippen LogP contribution in [0.3, 0.4) is 0 Å². The number of aromatic nitrogens is 1. The van der Waals surface area contributed by atoms with Crippen LogP contribution < -0.4 is 4.74 Å². The van der Waals surface area contributed by atoms with Crippen LogP contribution in [0.5, 0.6) is 5.75 Å². The molecule has 1 radical (unpaired) electrons. The smallest absolute Gasteiger partial charge is 0.142 e. The van der Waals surface area contributed by atoms with E-state index in [4.69, 9.17) is 4.74 Å². The summed E-state index contributed by atoms with van der Waals surface area (Å²) in [6.45, 7) is 3.90. The number of aromatic amines is 1. The Balaban J connectivity index is 2.81. The standard InChI is InChI=1S/C10H10NO/c1-7-6-11-10-8(7)4-3-5-9(10)12-2/h3-6,11H,1H2,2H3. The van der Waals surface area contributed by atoms with E-state index in [1.807, 2.05) is 24.4 Å². The molecule has 1 aromatic carbocycles. The van der Waals surface area contributed by atoms with E-state index in [2.05, 4.69) is 11.9 Å². The maximum Gasteiger partial charge on any atom is 0.142 e. The summed E-state index contributed by atoms with van der Waals surface area (Å²) in [5.41, 5.74) is 2.02. The first kappa shape index (κ1) is 7.22. The van der Waals surface area contributed by atoms with Crippen molar-refractivity contribution in [1.29, 1.82) is 0 Å². The van der Waals surface area contributed by atoms with Gasteiger partial charge in [-0.25, -0.2) is 0 Å². The lowest BCUT2D eigenvalue weighted by atomic mass is 10.2. The molecule has 0 unspecified atom stereocenters. The number of fused-ring (bicyclic) bond motifs is 1. The zero-order chi connectivity index (χ0) is 8.55. The van der Waals surface area contributed by atoms with Crippen molar-refractivity contribution in [3.8, 4) is 5.75 Å². The summed E-state index contributed by atoms with van der Waals surface area (Å²) in [6, 6.07) is 5.92. The molecule has 2 rings (SSSR count). The highest BCUT2D eigenvalue weighted by molar-refractivity contribution is 5.88. The summed E-state index contributed by atoms with van der Waals surface area (Å²) in [7, 11) is 1.67. The monoisotopic (exact) mass is 160 g/mol. The van der Waals surface area contributed by atoms with Crippen molar-refractivity contribution in [3.63, 3.8) is 0 Å². The Morgan fingerprint density at radius 3 is 3.00 bits per heavy atom. The first-order valence-electron chi connectivity index (χ1n) is 3.79. The molecule has 2 heteroatoms. The Labute approximate surface area is 71.2 Å². The van der Waals surface area contributed by atoms with Gasteiger partial charge in [0.25, 0.3) is 0 Å². The van der Waals surface area contributed by atoms with E-state index in [0.717, 1.165) is 22.2 Å². The summed E-state index contributed by atoms with van der Waals surface area (Å²) in [5, 5.41) is 1.12. The van der Waals surface area contributed by atoms with Gasteiger partial charge in [0.05, 0.1) is 12.6 Å². The molecule has 2 aromatic rings. The van der Waals surface area contributed by atoms with E-state index in [1.54, 1.807) is 7.11 Å². The van der Waals surface area contributed by atoms with E-state index in [0.29, 0.717) is 0 Å². The maximum atomic E-state index is 5.18. The Bertz CT molecular complexity index is 403. The second-order valence-electron chi connectivity index (χ2n) is 2.70. The highest BCUT2D eigenvalue weighted by Gasteiger charge is 2.03. The maximum absolute atomic E-state index is 5.18. The van der Waals surface area contributed by atoms with Crippen LogP contribution >= 0.6 is 0 Å². The van der Waals surface area contributed by atoms with Crippen LogP contribution in [0.1, 0.15) is 5.56 Å². The van der Waals surface area contributed by atoms with Gasteiger partial charge in [0, 0.05) is 11.6 Å². The zero-order valence-corrected chi connectivity index (χ0v) is 6.92. The highest BCUT2D eigenvalue weighted by Crippen LogP contribution is 2.25. The minimum atomic E-state index is 0.863. The van der Waals surface area contributed by atoms with Gasteiger partial charge in [-0.15, -0.1) is 0 Å². The predicted octanol–water partition coefficient (Wildman–Crippen LogP) is 2.36. The minimum Gasteiger partial charge on any atom is -0.495 e. The average molecular weight is 160 g/mol. The molecule has 2 nitrogen and oxygen atoms in total. The summed E-state index contributed by atoms with van der Waals surface area (Å²) in [6.07, 6.45) is 1.88. The quantitative estimate of drug-likeness (QED) is 0.680. The van der Waals surface area contributed by atoms with E-state index in [-0.39, 0.29) is 0 Å². The lowest BCUT2D eigenvalue weighted by molar-refractivity contribution is 0.419. The Morgan fingerprint density at radius 2 is 2.25 bits per heavy atom. The van der Waals surface area contributed by atoms with Gasteiger partial charge in [0.1, 0.15) is 5.75 Å². The molecule has 12 heavy (non-hydrogen) atoms. The molecule has 0 aliphatic heterocycles. The minimum absolute atomic E-state index is 0.863. The Kier molecular flexibility index (Phi) is 1.54. The molecule has 1 heterocycles. The fourth-order valence-corrected chi connectivity index (χ4v) is 1.35. The number of benzene rings is 1. The van der Waals surface area contributed by atoms with Crippen LogP contribution in [0.4, 0.5) is 0 Å². The molecule has 0 aliphatic carbocycles. The lowest BCUT2D eigenvalue weighted by Gasteiger charge is -2.00. The largest absolute Gasteiger partial charge is 0.495 e. The third-order valence-corrected chi connectivity index (χ3v) is 1.98. The second kappa shape index (κ2) is 2.55. The second-order valence-corrected chi connectivity index (χ2v) is 2.70. The van der Waals surface area contributed by atoms with E-state index in [9.17, 15) is 0 Å². The van der Waals surface area contributed by atoms with Crippen LogP contribution in [0.25, 0.3) is 10.9 Å². The molecule has 0 bridgehead atoms. The first-order chi connectivity index (χ1) is 5.83. The van der Waals surface area contributed by atoms with Gasteiger partial charge in [0.2, 0.25) is 0 Å². The number of H-pyrrole nitrogens is 1. The molecule has 0 saturated carbocycles. The lowest BCUT2D eigenvalue weighted by Crippen LogP contribution is -1.82. The van der Waals surface area contributed by atoms with Crippen LogP contribution in [0.2, 0.25) is 0 Å². The zero-order valence-electron chi connectivity index (χ0n) is 6.92. The van der Waals surface area contributed by atoms with Crippen LogP contribution in [0.15, 0.2) is 24.4 Å². The summed E-state index contributed by atoms with van der Waals surface area (Å²) in [4.78, 5) is 3.12. The molecule has 0 saturated heterocycles. The molecule has 0 amide bonds. The van der Waals surface area contributed by atoms with Crippen LogP contribution in [0, 0.1) is 6.92 Å².